The van der Waals surface area contributed by atoms with E-state index in [0.29, 0.717) is 5.56 Å². The smallest absolute Gasteiger partial charge is 0.280 e. The summed E-state index contributed by atoms with van der Waals surface area (Å²) in [5, 5.41) is 19.4. The summed E-state index contributed by atoms with van der Waals surface area (Å²) in [4.78, 5) is 25.6. The zero-order valence-corrected chi connectivity index (χ0v) is 13.7. The minimum atomic E-state index is -0.889. The molecule has 9 nitrogen and oxygen atoms in total. The van der Waals surface area contributed by atoms with Gasteiger partial charge < -0.3 is 20.7 Å². The molecule has 4 N–H and O–H groups in total. The van der Waals surface area contributed by atoms with Crippen LogP contribution in [0.25, 0.3) is 22.4 Å². The number of aliphatic hydroxyl groups is 2. The normalized spacial score (nSPS) is 22.8. The molecule has 0 aliphatic carbocycles. The van der Waals surface area contributed by atoms with Gasteiger partial charge in [0.15, 0.2) is 11.5 Å². The van der Waals surface area contributed by atoms with Crippen molar-refractivity contribution in [3.63, 3.8) is 0 Å². The molecule has 0 radical (unpaired) electrons. The highest BCUT2D eigenvalue weighted by atomic mass is 16.5. The minimum Gasteiger partial charge on any atom is -0.394 e. The van der Waals surface area contributed by atoms with Crippen LogP contribution in [0.2, 0.25) is 0 Å². The summed E-state index contributed by atoms with van der Waals surface area (Å²) < 4.78 is 6.98. The molecule has 134 valence electrons. The summed E-state index contributed by atoms with van der Waals surface area (Å²) >= 11 is 0. The summed E-state index contributed by atoms with van der Waals surface area (Å²) in [6.45, 7) is -0.349. The third-order valence-corrected chi connectivity index (χ3v) is 4.42. The van der Waals surface area contributed by atoms with Crippen molar-refractivity contribution in [1.29, 1.82) is 0 Å². The molecule has 0 bridgehead atoms. The van der Waals surface area contributed by atoms with Gasteiger partial charge >= 0.3 is 0 Å². The van der Waals surface area contributed by atoms with Gasteiger partial charge in [0.1, 0.15) is 29.9 Å². The molecule has 3 heterocycles. The van der Waals surface area contributed by atoms with E-state index in [1.807, 2.05) is 6.07 Å². The van der Waals surface area contributed by atoms with Gasteiger partial charge in [-0.1, -0.05) is 30.3 Å². The van der Waals surface area contributed by atoms with Gasteiger partial charge in [-0.25, -0.2) is 15.0 Å². The summed E-state index contributed by atoms with van der Waals surface area (Å²) in [6, 6.07) is 8.96. The lowest BCUT2D eigenvalue weighted by Gasteiger charge is -2.18. The highest BCUT2D eigenvalue weighted by Gasteiger charge is 2.36. The summed E-state index contributed by atoms with van der Waals surface area (Å²) in [5.74, 6) is 0.137. The van der Waals surface area contributed by atoms with Gasteiger partial charge in [0, 0.05) is 12.0 Å². The van der Waals surface area contributed by atoms with Crippen LogP contribution in [0.5, 0.6) is 0 Å². The Morgan fingerprint density at radius 1 is 1.27 bits per heavy atom. The topological polar surface area (TPSA) is 136 Å². The Morgan fingerprint density at radius 2 is 2.04 bits per heavy atom. The maximum Gasteiger partial charge on any atom is 0.280 e. The number of aromatic nitrogens is 4. The molecular weight excluding hydrogens is 338 g/mol. The summed E-state index contributed by atoms with van der Waals surface area (Å²) in [6.07, 6.45) is -1.07. The van der Waals surface area contributed by atoms with Crippen molar-refractivity contribution in [1.82, 2.24) is 19.5 Å². The van der Waals surface area contributed by atoms with E-state index in [2.05, 4.69) is 15.0 Å². The minimum absolute atomic E-state index is 0.137. The van der Waals surface area contributed by atoms with Gasteiger partial charge in [-0.3, -0.25) is 9.36 Å². The molecule has 1 saturated heterocycles. The van der Waals surface area contributed by atoms with Crippen molar-refractivity contribution in [3.8, 4) is 11.3 Å². The summed E-state index contributed by atoms with van der Waals surface area (Å²) in [5.41, 5.74) is 6.82. The van der Waals surface area contributed by atoms with Crippen LogP contribution in [0.4, 0.5) is 5.82 Å². The Labute approximate surface area is 147 Å². The number of hydrogen-bond donors (Lipinski definition) is 3. The molecule has 9 heteroatoms. The third-order valence-electron chi connectivity index (χ3n) is 4.42. The molecule has 0 amide bonds. The molecule has 2 aromatic heterocycles. The van der Waals surface area contributed by atoms with E-state index in [1.165, 1.54) is 10.9 Å². The van der Waals surface area contributed by atoms with Gasteiger partial charge in [-0.2, -0.15) is 0 Å². The average Bonchev–Trinajstić information content (AvgIpc) is 3.02. The predicted octanol–water partition coefficient (Wildman–Crippen LogP) is 0.0764. The fourth-order valence-corrected chi connectivity index (χ4v) is 3.12. The number of anilines is 1. The Bertz CT molecular complexity index is 1010. The fraction of sp³-hybridized carbons (Fsp3) is 0.294. The maximum absolute atomic E-state index is 13.2. The third kappa shape index (κ3) is 2.62. The van der Waals surface area contributed by atoms with Crippen LogP contribution in [0, 0.1) is 0 Å². The number of fused-ring (bicyclic) bond motifs is 1. The van der Waals surface area contributed by atoms with Gasteiger partial charge in [-0.15, -0.1) is 0 Å². The Balaban J connectivity index is 1.98. The Kier molecular flexibility index (Phi) is 4.11. The van der Waals surface area contributed by atoms with Gasteiger partial charge in [-0.05, 0) is 0 Å². The number of benzene rings is 1. The van der Waals surface area contributed by atoms with Crippen molar-refractivity contribution >= 4 is 17.0 Å². The van der Waals surface area contributed by atoms with Crippen molar-refractivity contribution < 1.29 is 14.9 Å². The summed E-state index contributed by atoms with van der Waals surface area (Å²) in [7, 11) is 0. The molecule has 26 heavy (non-hydrogen) atoms. The second-order valence-corrected chi connectivity index (χ2v) is 6.05. The molecule has 3 atom stereocenters. The van der Waals surface area contributed by atoms with Crippen molar-refractivity contribution in [2.75, 3.05) is 12.3 Å². The highest BCUT2D eigenvalue weighted by Crippen LogP contribution is 2.30. The Hall–Kier alpha value is -2.88. The van der Waals surface area contributed by atoms with Crippen LogP contribution in [0.1, 0.15) is 12.6 Å². The molecule has 0 saturated carbocycles. The predicted molar refractivity (Wildman–Crippen MR) is 93.1 cm³/mol. The molecule has 1 aromatic carbocycles. The fourth-order valence-electron chi connectivity index (χ4n) is 3.12. The number of nitrogens with two attached hydrogens (primary N) is 1. The van der Waals surface area contributed by atoms with Crippen LogP contribution in [-0.2, 0) is 4.74 Å². The molecule has 1 aliphatic heterocycles. The average molecular weight is 355 g/mol. The van der Waals surface area contributed by atoms with Crippen molar-refractivity contribution in [3.05, 3.63) is 47.0 Å². The van der Waals surface area contributed by atoms with Crippen molar-refractivity contribution in [2.45, 2.75) is 24.9 Å². The second-order valence-electron chi connectivity index (χ2n) is 6.05. The van der Waals surface area contributed by atoms with E-state index < -0.39 is 24.0 Å². The van der Waals surface area contributed by atoms with Gasteiger partial charge in [0.25, 0.3) is 5.56 Å². The molecule has 0 spiro atoms. The molecule has 1 aliphatic rings. The first-order chi connectivity index (χ1) is 12.6. The number of aliphatic hydroxyl groups excluding tert-OH is 2. The van der Waals surface area contributed by atoms with E-state index in [9.17, 15) is 15.0 Å². The highest BCUT2D eigenvalue weighted by molar-refractivity contribution is 5.83. The second kappa shape index (κ2) is 6.45. The Morgan fingerprint density at radius 3 is 2.73 bits per heavy atom. The van der Waals surface area contributed by atoms with Gasteiger partial charge in [0.2, 0.25) is 0 Å². The molecule has 3 aromatic rings. The lowest BCUT2D eigenvalue weighted by molar-refractivity contribution is -0.0441. The maximum atomic E-state index is 13.2. The zero-order valence-electron chi connectivity index (χ0n) is 13.7. The molecule has 0 unspecified atom stereocenters. The number of nitrogen functional groups attached to an aromatic ring is 1. The van der Waals surface area contributed by atoms with Gasteiger partial charge in [0.05, 0.1) is 12.7 Å². The number of rotatable bonds is 3. The molecule has 1 fully saturated rings. The zero-order chi connectivity index (χ0) is 18.3. The number of nitrogens with zero attached hydrogens (tertiary/aromatic N) is 4. The standard InChI is InChI=1S/C17H17N5O4/c18-15-14-16(20-8-19-15)22(12-6-10(24)11(7-23)26-12)17(25)13(21-14)9-4-2-1-3-5-9/h1-5,8,10-12,23-24H,6-7H2,(H2,18,19,20)/t10-,11+,12+/m0/s1. The lowest BCUT2D eigenvalue weighted by atomic mass is 10.1. The van der Waals surface area contributed by atoms with Crippen LogP contribution < -0.4 is 11.3 Å². The number of ether oxygens (including phenoxy) is 1. The van der Waals surface area contributed by atoms with Crippen LogP contribution in [0.3, 0.4) is 0 Å². The molecule has 4 rings (SSSR count). The van der Waals surface area contributed by atoms with E-state index in [-0.39, 0.29) is 35.7 Å². The number of hydrogen-bond acceptors (Lipinski definition) is 8. The van der Waals surface area contributed by atoms with Crippen LogP contribution in [-0.4, -0.2) is 48.5 Å². The monoisotopic (exact) mass is 355 g/mol. The van der Waals surface area contributed by atoms with E-state index in [4.69, 9.17) is 10.5 Å². The van der Waals surface area contributed by atoms with Crippen molar-refractivity contribution in [2.24, 2.45) is 0 Å². The lowest BCUT2D eigenvalue weighted by Crippen LogP contribution is -2.29. The van der Waals surface area contributed by atoms with Crippen LogP contribution in [0.15, 0.2) is 41.5 Å². The van der Waals surface area contributed by atoms with E-state index in [0.717, 1.165) is 0 Å². The largest absolute Gasteiger partial charge is 0.394 e. The molecular formula is C17H17N5O4. The first kappa shape index (κ1) is 16.6. The first-order valence-corrected chi connectivity index (χ1v) is 8.12. The SMILES string of the molecule is Nc1ncnc2c1nc(-c1ccccc1)c(=O)n2[C@H]1C[C@H](O)[C@@H](CO)O1. The van der Waals surface area contributed by atoms with E-state index >= 15 is 0 Å². The van der Waals surface area contributed by atoms with E-state index in [1.54, 1.807) is 24.3 Å². The van der Waals surface area contributed by atoms with Crippen LogP contribution >= 0.6 is 0 Å². The first-order valence-electron chi connectivity index (χ1n) is 8.12. The quantitative estimate of drug-likeness (QED) is 0.601.